The minimum Gasteiger partial charge on any atom is -0.351 e. The van der Waals surface area contributed by atoms with E-state index >= 15 is 0 Å². The summed E-state index contributed by atoms with van der Waals surface area (Å²) in [6.45, 7) is 3.70. The summed E-state index contributed by atoms with van der Waals surface area (Å²) in [5, 5.41) is 8.43. The Kier molecular flexibility index (Phi) is 3.86. The molecule has 1 atom stereocenters. The van der Waals surface area contributed by atoms with Crippen molar-refractivity contribution in [2.45, 2.75) is 45.1 Å². The van der Waals surface area contributed by atoms with Crippen LogP contribution < -0.4 is 4.90 Å². The Morgan fingerprint density at radius 2 is 2.08 bits per heavy atom. The van der Waals surface area contributed by atoms with Crippen LogP contribution in [0.3, 0.4) is 0 Å². The second-order valence-electron chi connectivity index (χ2n) is 7.01. The van der Waals surface area contributed by atoms with Crippen molar-refractivity contribution in [3.8, 4) is 0 Å². The van der Waals surface area contributed by atoms with E-state index < -0.39 is 0 Å². The number of anilines is 1. The maximum Gasteiger partial charge on any atom is 0.225 e. The van der Waals surface area contributed by atoms with Crippen molar-refractivity contribution in [2.75, 3.05) is 25.0 Å². The minimum atomic E-state index is 0.248. The summed E-state index contributed by atoms with van der Waals surface area (Å²) in [4.78, 5) is 21.3. The molecule has 0 spiro atoms. The lowest BCUT2D eigenvalue weighted by Gasteiger charge is -2.40. The third kappa shape index (κ3) is 2.52. The van der Waals surface area contributed by atoms with Gasteiger partial charge < -0.3 is 9.80 Å². The first kappa shape index (κ1) is 15.4. The Bertz CT molecular complexity index is 753. The summed E-state index contributed by atoms with van der Waals surface area (Å²) in [6, 6.07) is 0.248. The molecule has 1 aliphatic carbocycles. The van der Waals surface area contributed by atoms with Crippen LogP contribution in [-0.4, -0.2) is 56.6 Å². The summed E-state index contributed by atoms with van der Waals surface area (Å²) in [7, 11) is 1.96. The van der Waals surface area contributed by atoms with Crippen molar-refractivity contribution in [2.24, 2.45) is 5.92 Å². The van der Waals surface area contributed by atoms with Gasteiger partial charge in [-0.3, -0.25) is 9.20 Å². The fourth-order valence-electron chi connectivity index (χ4n) is 3.74. The molecule has 2 aliphatic rings. The summed E-state index contributed by atoms with van der Waals surface area (Å²) in [5.74, 6) is 2.30. The van der Waals surface area contributed by atoms with Crippen LogP contribution in [0.15, 0.2) is 12.4 Å². The molecule has 7 nitrogen and oxygen atoms in total. The van der Waals surface area contributed by atoms with Gasteiger partial charge in [0.2, 0.25) is 11.6 Å². The first-order valence-electron chi connectivity index (χ1n) is 8.83. The smallest absolute Gasteiger partial charge is 0.225 e. The molecule has 3 heterocycles. The summed E-state index contributed by atoms with van der Waals surface area (Å²) in [5.41, 5.74) is 0.795. The zero-order valence-corrected chi connectivity index (χ0v) is 14.4. The lowest BCUT2D eigenvalue weighted by Crippen LogP contribution is -2.51. The summed E-state index contributed by atoms with van der Waals surface area (Å²) < 4.78 is 1.97. The molecule has 0 aromatic carbocycles. The van der Waals surface area contributed by atoms with E-state index in [0.29, 0.717) is 5.91 Å². The Morgan fingerprint density at radius 1 is 1.25 bits per heavy atom. The SMILES string of the molecule is Cc1nnc2c(N3CCCC(N(C)C(=O)C4CCC4)C3)nccn12. The molecule has 128 valence electrons. The maximum atomic E-state index is 12.5. The Balaban J connectivity index is 1.54. The fraction of sp³-hybridized carbons (Fsp3) is 0.647. The highest BCUT2D eigenvalue weighted by Gasteiger charge is 2.33. The molecule has 1 saturated carbocycles. The number of piperidine rings is 1. The number of rotatable bonds is 3. The number of aryl methyl sites for hydroxylation is 1. The van der Waals surface area contributed by atoms with Crippen LogP contribution in [0.2, 0.25) is 0 Å². The van der Waals surface area contributed by atoms with Gasteiger partial charge in [-0.2, -0.15) is 0 Å². The third-order valence-corrected chi connectivity index (χ3v) is 5.52. The predicted molar refractivity (Wildman–Crippen MR) is 90.9 cm³/mol. The van der Waals surface area contributed by atoms with Crippen LogP contribution in [0.5, 0.6) is 0 Å². The number of fused-ring (bicyclic) bond motifs is 1. The number of hydrogen-bond acceptors (Lipinski definition) is 5. The van der Waals surface area contributed by atoms with E-state index in [1.165, 1.54) is 6.42 Å². The number of hydrogen-bond donors (Lipinski definition) is 0. The summed E-state index contributed by atoms with van der Waals surface area (Å²) >= 11 is 0. The van der Waals surface area contributed by atoms with E-state index in [1.807, 2.05) is 29.5 Å². The minimum absolute atomic E-state index is 0.248. The number of aromatic nitrogens is 4. The monoisotopic (exact) mass is 328 g/mol. The normalized spacial score (nSPS) is 21.8. The van der Waals surface area contributed by atoms with Gasteiger partial charge >= 0.3 is 0 Å². The van der Waals surface area contributed by atoms with E-state index in [4.69, 9.17) is 0 Å². The molecule has 1 unspecified atom stereocenters. The fourth-order valence-corrected chi connectivity index (χ4v) is 3.74. The van der Waals surface area contributed by atoms with Crippen LogP contribution in [0.4, 0.5) is 5.82 Å². The van der Waals surface area contributed by atoms with Gasteiger partial charge in [0.05, 0.1) is 0 Å². The topological polar surface area (TPSA) is 66.6 Å². The highest BCUT2D eigenvalue weighted by atomic mass is 16.2. The van der Waals surface area contributed by atoms with Gasteiger partial charge in [0.1, 0.15) is 5.82 Å². The molecule has 2 fully saturated rings. The number of carbonyl (C=O) groups excluding carboxylic acids is 1. The van der Waals surface area contributed by atoms with E-state index in [2.05, 4.69) is 20.1 Å². The average molecular weight is 328 g/mol. The van der Waals surface area contributed by atoms with Gasteiger partial charge in [0, 0.05) is 44.5 Å². The molecule has 4 rings (SSSR count). The van der Waals surface area contributed by atoms with Crippen LogP contribution in [0.1, 0.15) is 37.9 Å². The van der Waals surface area contributed by atoms with Crippen molar-refractivity contribution in [3.63, 3.8) is 0 Å². The molecular formula is C17H24N6O. The van der Waals surface area contributed by atoms with E-state index in [-0.39, 0.29) is 12.0 Å². The molecule has 7 heteroatoms. The largest absolute Gasteiger partial charge is 0.351 e. The van der Waals surface area contributed by atoms with Crippen molar-refractivity contribution < 1.29 is 4.79 Å². The average Bonchev–Trinajstić information content (AvgIpc) is 2.94. The zero-order valence-electron chi connectivity index (χ0n) is 14.4. The van der Waals surface area contributed by atoms with Gasteiger partial charge in [-0.05, 0) is 32.6 Å². The van der Waals surface area contributed by atoms with E-state index in [0.717, 1.165) is 56.1 Å². The van der Waals surface area contributed by atoms with Crippen LogP contribution in [-0.2, 0) is 4.79 Å². The van der Waals surface area contributed by atoms with Crippen molar-refractivity contribution >= 4 is 17.4 Å². The standard InChI is InChI=1S/C17H24N6O/c1-12-19-20-16-15(18-8-10-23(12)16)22-9-4-7-14(11-22)21(2)17(24)13-5-3-6-13/h8,10,13-14H,3-7,9,11H2,1-2H3. The highest BCUT2D eigenvalue weighted by Crippen LogP contribution is 2.30. The van der Waals surface area contributed by atoms with Gasteiger partial charge in [-0.25, -0.2) is 4.98 Å². The van der Waals surface area contributed by atoms with E-state index in [1.54, 1.807) is 6.20 Å². The first-order chi connectivity index (χ1) is 11.6. The molecule has 0 bridgehead atoms. The molecule has 24 heavy (non-hydrogen) atoms. The van der Waals surface area contributed by atoms with Gasteiger partial charge in [0.25, 0.3) is 0 Å². The molecule has 2 aromatic heterocycles. The highest BCUT2D eigenvalue weighted by molar-refractivity contribution is 5.79. The quantitative estimate of drug-likeness (QED) is 0.857. The number of carbonyl (C=O) groups is 1. The molecule has 0 radical (unpaired) electrons. The lowest BCUT2D eigenvalue weighted by atomic mass is 9.84. The predicted octanol–water partition coefficient (Wildman–Crippen LogP) is 1.66. The molecule has 1 aliphatic heterocycles. The first-order valence-corrected chi connectivity index (χ1v) is 8.83. The maximum absolute atomic E-state index is 12.5. The van der Waals surface area contributed by atoms with Crippen molar-refractivity contribution in [1.82, 2.24) is 24.5 Å². The number of nitrogens with zero attached hydrogens (tertiary/aromatic N) is 6. The van der Waals surface area contributed by atoms with Crippen LogP contribution in [0.25, 0.3) is 5.65 Å². The summed E-state index contributed by atoms with van der Waals surface area (Å²) in [6.07, 6.45) is 9.11. The van der Waals surface area contributed by atoms with Crippen molar-refractivity contribution in [1.29, 1.82) is 0 Å². The number of likely N-dealkylation sites (N-methyl/N-ethyl adjacent to an activating group) is 1. The van der Waals surface area contributed by atoms with Gasteiger partial charge in [-0.1, -0.05) is 6.42 Å². The van der Waals surface area contributed by atoms with Crippen LogP contribution >= 0.6 is 0 Å². The molecule has 1 saturated heterocycles. The second kappa shape index (κ2) is 6.03. The Morgan fingerprint density at radius 3 is 2.83 bits per heavy atom. The van der Waals surface area contributed by atoms with Gasteiger partial charge in [-0.15, -0.1) is 10.2 Å². The van der Waals surface area contributed by atoms with Gasteiger partial charge in [0.15, 0.2) is 5.82 Å². The molecular weight excluding hydrogens is 304 g/mol. The zero-order chi connectivity index (χ0) is 16.7. The molecule has 2 aromatic rings. The van der Waals surface area contributed by atoms with Crippen LogP contribution in [0, 0.1) is 12.8 Å². The molecule has 1 amide bonds. The van der Waals surface area contributed by atoms with E-state index in [9.17, 15) is 4.79 Å². The molecule has 0 N–H and O–H groups in total. The second-order valence-corrected chi connectivity index (χ2v) is 7.01. The lowest BCUT2D eigenvalue weighted by molar-refractivity contribution is -0.139. The third-order valence-electron chi connectivity index (χ3n) is 5.52. The number of amides is 1. The Hall–Kier alpha value is -2.18. The van der Waals surface area contributed by atoms with Crippen molar-refractivity contribution in [3.05, 3.63) is 18.2 Å². The Labute approximate surface area is 141 Å².